The van der Waals surface area contributed by atoms with Crippen molar-refractivity contribution in [2.75, 3.05) is 6.54 Å². The lowest BCUT2D eigenvalue weighted by Crippen LogP contribution is -2.54. The van der Waals surface area contributed by atoms with Gasteiger partial charge in [-0.1, -0.05) is 63.8 Å². The molecule has 0 spiro atoms. The molecule has 0 aromatic carbocycles. The summed E-state index contributed by atoms with van der Waals surface area (Å²) in [6.07, 6.45) is 13.9. The summed E-state index contributed by atoms with van der Waals surface area (Å²) in [5.74, 6) is -2.87. The van der Waals surface area contributed by atoms with Crippen LogP contribution in [0, 0.1) is 17.8 Å². The van der Waals surface area contributed by atoms with E-state index in [9.17, 15) is 30.0 Å². The first-order valence-corrected chi connectivity index (χ1v) is 13.4. The quantitative estimate of drug-likeness (QED) is 0.221. The molecule has 7 atom stereocenters. The van der Waals surface area contributed by atoms with Gasteiger partial charge >= 0.3 is 5.97 Å². The molecule has 0 aromatic heterocycles. The maximum Gasteiger partial charge on any atom is 0.326 e. The fourth-order valence-corrected chi connectivity index (χ4v) is 5.01. The second-order valence-corrected chi connectivity index (χ2v) is 10.7. The molecular formula is C29H45NO7. The topological polar surface area (TPSA) is 128 Å². The molecule has 8 heteroatoms. The molecule has 2 heterocycles. The van der Waals surface area contributed by atoms with Crippen LogP contribution in [0.4, 0.5) is 0 Å². The number of hydrogen-bond acceptors (Lipinski definition) is 6. The standard InChI is InChI=1S/C29H45NO7/c1-20(17-21(2)23(4)31)11-7-5-6-8-12-24(32)18-25-15-14-22(3)29(36,37-25)19-27(33)30-16-10-9-13-26(30)28(34)35/h5-8,11-12,20-22,24-26,31-32,36H,4,9-10,13-19H2,1-3H3,(H,34,35)/b6-5+,11-7+,12-8+/t20-,21-,22-,24-,25+,26+,29+/m1/s1. The Morgan fingerprint density at radius 2 is 1.76 bits per heavy atom. The molecule has 0 unspecified atom stereocenters. The second-order valence-electron chi connectivity index (χ2n) is 10.7. The summed E-state index contributed by atoms with van der Waals surface area (Å²) < 4.78 is 5.95. The van der Waals surface area contributed by atoms with E-state index in [4.69, 9.17) is 4.74 Å². The van der Waals surface area contributed by atoms with E-state index in [1.807, 2.05) is 38.2 Å². The highest BCUT2D eigenvalue weighted by atomic mass is 16.6. The van der Waals surface area contributed by atoms with E-state index in [0.717, 1.165) is 19.3 Å². The molecule has 2 rings (SSSR count). The zero-order valence-corrected chi connectivity index (χ0v) is 22.5. The van der Waals surface area contributed by atoms with Crippen molar-refractivity contribution >= 4 is 11.9 Å². The molecule has 0 radical (unpaired) electrons. The lowest BCUT2D eigenvalue weighted by Gasteiger charge is -2.43. The normalized spacial score (nSPS) is 29.5. The first kappa shape index (κ1) is 30.8. The molecule has 208 valence electrons. The number of aliphatic carboxylic acids is 1. The molecule has 0 saturated carbocycles. The van der Waals surface area contributed by atoms with Crippen LogP contribution in [0.3, 0.4) is 0 Å². The number of likely N-dealkylation sites (tertiary alicyclic amines) is 1. The number of piperidine rings is 1. The molecule has 4 N–H and O–H groups in total. The number of carboxylic acid groups (broad SMARTS) is 1. The van der Waals surface area contributed by atoms with Crippen molar-refractivity contribution in [1.82, 2.24) is 4.90 Å². The van der Waals surface area contributed by atoms with Crippen molar-refractivity contribution in [2.45, 2.75) is 96.2 Å². The minimum Gasteiger partial charge on any atom is -0.513 e. The van der Waals surface area contributed by atoms with Gasteiger partial charge in [-0.15, -0.1) is 0 Å². The van der Waals surface area contributed by atoms with Crippen molar-refractivity contribution in [3.63, 3.8) is 0 Å². The largest absolute Gasteiger partial charge is 0.513 e. The average molecular weight is 520 g/mol. The van der Waals surface area contributed by atoms with Gasteiger partial charge in [0.2, 0.25) is 5.91 Å². The van der Waals surface area contributed by atoms with E-state index in [1.54, 1.807) is 12.2 Å². The molecule has 2 aliphatic rings. The SMILES string of the molecule is C=C(O)[C@H](C)C[C@H](C)/C=C/C=C/C=C/[C@@H](O)C[C@@H]1CC[C@@H](C)[C@](O)(CC(=O)N2CCCC[C@H]2C(=O)O)O1. The third-order valence-electron chi connectivity index (χ3n) is 7.48. The van der Waals surface area contributed by atoms with Crippen LogP contribution in [-0.4, -0.2) is 67.8 Å². The summed E-state index contributed by atoms with van der Waals surface area (Å²) in [5, 5.41) is 40.5. The van der Waals surface area contributed by atoms with Gasteiger partial charge in [-0.25, -0.2) is 4.79 Å². The Bertz CT molecular complexity index is 866. The van der Waals surface area contributed by atoms with Gasteiger partial charge in [-0.3, -0.25) is 4.79 Å². The highest BCUT2D eigenvalue weighted by Gasteiger charge is 2.45. The number of hydrogen-bond donors (Lipinski definition) is 4. The van der Waals surface area contributed by atoms with Gasteiger partial charge in [0.15, 0.2) is 5.79 Å². The van der Waals surface area contributed by atoms with Gasteiger partial charge in [-0.2, -0.15) is 0 Å². The predicted molar refractivity (Wildman–Crippen MR) is 143 cm³/mol. The van der Waals surface area contributed by atoms with E-state index >= 15 is 0 Å². The van der Waals surface area contributed by atoms with E-state index < -0.39 is 35.9 Å². The highest BCUT2D eigenvalue weighted by Crippen LogP contribution is 2.37. The van der Waals surface area contributed by atoms with Crippen LogP contribution < -0.4 is 0 Å². The maximum absolute atomic E-state index is 12.9. The Kier molecular flexibility index (Phi) is 12.1. The van der Waals surface area contributed by atoms with Crippen molar-refractivity contribution < 1.29 is 34.8 Å². The molecule has 0 aromatic rings. The van der Waals surface area contributed by atoms with Gasteiger partial charge in [0, 0.05) is 24.8 Å². The van der Waals surface area contributed by atoms with Gasteiger partial charge < -0.3 is 30.1 Å². The first-order chi connectivity index (χ1) is 17.4. The number of aliphatic hydroxyl groups excluding tert-OH is 2. The third kappa shape index (κ3) is 9.76. The summed E-state index contributed by atoms with van der Waals surface area (Å²) in [6.45, 7) is 9.76. The van der Waals surface area contributed by atoms with Crippen molar-refractivity contribution in [3.05, 3.63) is 48.8 Å². The number of nitrogens with zero attached hydrogens (tertiary/aromatic N) is 1. The van der Waals surface area contributed by atoms with E-state index in [0.29, 0.717) is 31.7 Å². The smallest absolute Gasteiger partial charge is 0.326 e. The predicted octanol–water partition coefficient (Wildman–Crippen LogP) is 4.50. The van der Waals surface area contributed by atoms with Crippen molar-refractivity contribution in [1.29, 1.82) is 0 Å². The number of carboxylic acids is 1. The van der Waals surface area contributed by atoms with Crippen LogP contribution in [0.5, 0.6) is 0 Å². The van der Waals surface area contributed by atoms with Gasteiger partial charge in [0.05, 0.1) is 24.4 Å². The van der Waals surface area contributed by atoms with Crippen LogP contribution in [0.15, 0.2) is 48.8 Å². The average Bonchev–Trinajstić information content (AvgIpc) is 2.83. The number of ether oxygens (including phenoxy) is 1. The second kappa shape index (κ2) is 14.5. The van der Waals surface area contributed by atoms with Gasteiger partial charge in [0.25, 0.3) is 0 Å². The molecule has 37 heavy (non-hydrogen) atoms. The summed E-state index contributed by atoms with van der Waals surface area (Å²) in [4.78, 5) is 25.9. The zero-order chi connectivity index (χ0) is 27.6. The van der Waals surface area contributed by atoms with Crippen LogP contribution in [0.25, 0.3) is 0 Å². The maximum atomic E-state index is 12.9. The summed E-state index contributed by atoms with van der Waals surface area (Å²) in [5.41, 5.74) is 0. The molecule has 2 saturated heterocycles. The molecule has 0 bridgehead atoms. The number of carbonyl (C=O) groups excluding carboxylic acids is 1. The Morgan fingerprint density at radius 3 is 2.41 bits per heavy atom. The lowest BCUT2D eigenvalue weighted by molar-refractivity contribution is -0.283. The molecule has 2 aliphatic heterocycles. The minimum atomic E-state index is -1.69. The van der Waals surface area contributed by atoms with Crippen molar-refractivity contribution in [2.24, 2.45) is 17.8 Å². The van der Waals surface area contributed by atoms with Gasteiger partial charge in [0.1, 0.15) is 6.04 Å². The molecular weight excluding hydrogens is 474 g/mol. The fraction of sp³-hybridized carbons (Fsp3) is 0.655. The van der Waals surface area contributed by atoms with Crippen LogP contribution in [-0.2, 0) is 14.3 Å². The monoisotopic (exact) mass is 519 g/mol. The molecule has 0 aliphatic carbocycles. The number of allylic oxidation sites excluding steroid dienone is 6. The Morgan fingerprint density at radius 1 is 1.08 bits per heavy atom. The summed E-state index contributed by atoms with van der Waals surface area (Å²) in [7, 11) is 0. The highest BCUT2D eigenvalue weighted by molar-refractivity contribution is 5.84. The lowest BCUT2D eigenvalue weighted by atomic mass is 9.86. The van der Waals surface area contributed by atoms with E-state index in [2.05, 4.69) is 13.5 Å². The minimum absolute atomic E-state index is 0.0471. The molecule has 8 nitrogen and oxygen atoms in total. The Labute approximate surface area is 221 Å². The van der Waals surface area contributed by atoms with Crippen LogP contribution in [0.1, 0.15) is 72.1 Å². The number of carbonyl (C=O) groups is 2. The Balaban J connectivity index is 1.86. The summed E-state index contributed by atoms with van der Waals surface area (Å²) in [6, 6.07) is -0.860. The molecule has 1 amide bonds. The first-order valence-electron chi connectivity index (χ1n) is 13.4. The fourth-order valence-electron chi connectivity index (χ4n) is 5.01. The number of rotatable bonds is 12. The van der Waals surface area contributed by atoms with Crippen LogP contribution in [0.2, 0.25) is 0 Å². The van der Waals surface area contributed by atoms with Crippen molar-refractivity contribution in [3.8, 4) is 0 Å². The van der Waals surface area contributed by atoms with Crippen LogP contribution >= 0.6 is 0 Å². The molecule has 2 fully saturated rings. The van der Waals surface area contributed by atoms with E-state index in [1.165, 1.54) is 4.90 Å². The summed E-state index contributed by atoms with van der Waals surface area (Å²) >= 11 is 0. The number of amides is 1. The van der Waals surface area contributed by atoms with Gasteiger partial charge in [-0.05, 0) is 44.4 Å². The number of aliphatic hydroxyl groups is 3. The zero-order valence-electron chi connectivity index (χ0n) is 22.5. The third-order valence-corrected chi connectivity index (χ3v) is 7.48. The van der Waals surface area contributed by atoms with E-state index in [-0.39, 0.29) is 30.4 Å². The Hall–Kier alpha value is -2.42.